The van der Waals surface area contributed by atoms with Gasteiger partial charge in [0.25, 0.3) is 0 Å². The predicted octanol–water partition coefficient (Wildman–Crippen LogP) is 2.54. The van der Waals surface area contributed by atoms with Gasteiger partial charge in [-0.1, -0.05) is 43.2 Å². The molecule has 1 fully saturated rings. The standard InChI is InChI=1S/C14H16O3/c15-12(10-13(16)17)14(8-4-5-9-14)11-6-2-1-3-7-11/h1-3,6-7H,4-5,8-10H2,(H,16,17). The second kappa shape index (κ2) is 4.70. The molecule has 1 aromatic carbocycles. The van der Waals surface area contributed by atoms with E-state index in [0.29, 0.717) is 0 Å². The first-order valence-electron chi connectivity index (χ1n) is 5.96. The third-order valence-corrected chi connectivity index (χ3v) is 3.63. The molecule has 0 spiro atoms. The molecule has 0 heterocycles. The lowest BCUT2D eigenvalue weighted by atomic mass is 9.74. The lowest BCUT2D eigenvalue weighted by Crippen LogP contribution is -2.34. The number of carbonyl (C=O) groups is 2. The molecule has 2 rings (SSSR count). The molecule has 1 aliphatic rings. The Kier molecular flexibility index (Phi) is 3.27. The minimum Gasteiger partial charge on any atom is -0.481 e. The van der Waals surface area contributed by atoms with E-state index < -0.39 is 11.4 Å². The van der Waals surface area contributed by atoms with Crippen LogP contribution in [0.15, 0.2) is 30.3 Å². The third kappa shape index (κ3) is 2.23. The van der Waals surface area contributed by atoms with E-state index in [4.69, 9.17) is 5.11 Å². The number of benzene rings is 1. The molecule has 17 heavy (non-hydrogen) atoms. The van der Waals surface area contributed by atoms with Gasteiger partial charge >= 0.3 is 5.97 Å². The highest BCUT2D eigenvalue weighted by Crippen LogP contribution is 2.42. The van der Waals surface area contributed by atoms with Crippen molar-refractivity contribution < 1.29 is 14.7 Å². The molecule has 90 valence electrons. The van der Waals surface area contributed by atoms with Crippen molar-refractivity contribution >= 4 is 11.8 Å². The molecule has 1 N–H and O–H groups in total. The maximum atomic E-state index is 12.2. The molecule has 0 bridgehead atoms. The highest BCUT2D eigenvalue weighted by Gasteiger charge is 2.42. The molecule has 0 amide bonds. The normalized spacial score (nSPS) is 17.9. The third-order valence-electron chi connectivity index (χ3n) is 3.63. The van der Waals surface area contributed by atoms with Crippen molar-refractivity contribution in [2.75, 3.05) is 0 Å². The summed E-state index contributed by atoms with van der Waals surface area (Å²) < 4.78 is 0. The van der Waals surface area contributed by atoms with E-state index in [1.165, 1.54) is 0 Å². The zero-order valence-corrected chi connectivity index (χ0v) is 9.69. The monoisotopic (exact) mass is 232 g/mol. The minimum atomic E-state index is -1.03. The van der Waals surface area contributed by atoms with Gasteiger partial charge in [-0.3, -0.25) is 9.59 Å². The zero-order valence-electron chi connectivity index (χ0n) is 9.69. The van der Waals surface area contributed by atoms with Gasteiger partial charge in [0, 0.05) is 0 Å². The number of carboxylic acids is 1. The van der Waals surface area contributed by atoms with Crippen LogP contribution in [-0.2, 0) is 15.0 Å². The summed E-state index contributed by atoms with van der Waals surface area (Å²) in [6.07, 6.45) is 3.20. The lowest BCUT2D eigenvalue weighted by molar-refractivity contribution is -0.141. The minimum absolute atomic E-state index is 0.145. The van der Waals surface area contributed by atoms with Crippen molar-refractivity contribution in [3.05, 3.63) is 35.9 Å². The molecule has 0 saturated heterocycles. The molecule has 0 radical (unpaired) electrons. The summed E-state index contributed by atoms with van der Waals surface area (Å²) in [5, 5.41) is 8.78. The highest BCUT2D eigenvalue weighted by molar-refractivity contribution is 6.01. The second-order valence-corrected chi connectivity index (χ2v) is 4.65. The molecule has 0 atom stereocenters. The van der Waals surface area contributed by atoms with Crippen molar-refractivity contribution in [2.45, 2.75) is 37.5 Å². The first kappa shape index (κ1) is 11.8. The van der Waals surface area contributed by atoms with Crippen molar-refractivity contribution in [3.8, 4) is 0 Å². The Bertz CT molecular complexity index is 416. The number of aliphatic carboxylic acids is 1. The molecule has 1 saturated carbocycles. The molecule has 0 aromatic heterocycles. The smallest absolute Gasteiger partial charge is 0.310 e. The molecular weight excluding hydrogens is 216 g/mol. The first-order valence-corrected chi connectivity index (χ1v) is 5.96. The molecule has 3 heteroatoms. The van der Waals surface area contributed by atoms with E-state index in [2.05, 4.69) is 0 Å². The summed E-state index contributed by atoms with van der Waals surface area (Å²) >= 11 is 0. The highest BCUT2D eigenvalue weighted by atomic mass is 16.4. The number of hydrogen-bond donors (Lipinski definition) is 1. The maximum Gasteiger partial charge on any atom is 0.310 e. The van der Waals surface area contributed by atoms with E-state index >= 15 is 0 Å². The van der Waals surface area contributed by atoms with E-state index in [0.717, 1.165) is 31.2 Å². The van der Waals surface area contributed by atoms with Gasteiger partial charge in [-0.15, -0.1) is 0 Å². The maximum absolute atomic E-state index is 12.2. The summed E-state index contributed by atoms with van der Waals surface area (Å²) in [5.74, 6) is -1.18. The van der Waals surface area contributed by atoms with Crippen LogP contribution in [0.5, 0.6) is 0 Å². The largest absolute Gasteiger partial charge is 0.481 e. The van der Waals surface area contributed by atoms with Crippen molar-refractivity contribution in [1.82, 2.24) is 0 Å². The Morgan fingerprint density at radius 2 is 1.71 bits per heavy atom. The Hall–Kier alpha value is -1.64. The second-order valence-electron chi connectivity index (χ2n) is 4.65. The van der Waals surface area contributed by atoms with Crippen molar-refractivity contribution in [1.29, 1.82) is 0 Å². The van der Waals surface area contributed by atoms with E-state index in [-0.39, 0.29) is 12.2 Å². The Morgan fingerprint density at radius 1 is 1.12 bits per heavy atom. The van der Waals surface area contributed by atoms with Gasteiger partial charge in [0.05, 0.1) is 5.41 Å². The topological polar surface area (TPSA) is 54.4 Å². The van der Waals surface area contributed by atoms with Crippen molar-refractivity contribution in [3.63, 3.8) is 0 Å². The number of rotatable bonds is 4. The fourth-order valence-electron chi connectivity index (χ4n) is 2.77. The van der Waals surface area contributed by atoms with Crippen LogP contribution in [0.2, 0.25) is 0 Å². The van der Waals surface area contributed by atoms with Gasteiger partial charge in [0.1, 0.15) is 6.42 Å². The fraction of sp³-hybridized carbons (Fsp3) is 0.429. The van der Waals surface area contributed by atoms with Crippen LogP contribution in [0.3, 0.4) is 0 Å². The SMILES string of the molecule is O=C(O)CC(=O)C1(c2ccccc2)CCCC1. The quantitative estimate of drug-likeness (QED) is 0.811. The van der Waals surface area contributed by atoms with Gasteiger partial charge < -0.3 is 5.11 Å². The zero-order chi connectivity index (χ0) is 12.3. The number of carboxylic acid groups (broad SMARTS) is 1. The van der Waals surface area contributed by atoms with Gasteiger partial charge in [0.2, 0.25) is 0 Å². The van der Waals surface area contributed by atoms with Crippen LogP contribution >= 0.6 is 0 Å². The van der Waals surface area contributed by atoms with Gasteiger partial charge in [-0.25, -0.2) is 0 Å². The summed E-state index contributed by atoms with van der Waals surface area (Å²) in [4.78, 5) is 22.9. The summed E-state index contributed by atoms with van der Waals surface area (Å²) in [7, 11) is 0. The molecule has 1 aromatic rings. The van der Waals surface area contributed by atoms with Crippen molar-refractivity contribution in [2.24, 2.45) is 0 Å². The van der Waals surface area contributed by atoms with Crippen LogP contribution in [0.25, 0.3) is 0 Å². The van der Waals surface area contributed by atoms with Gasteiger partial charge in [0.15, 0.2) is 5.78 Å². The van der Waals surface area contributed by atoms with Crippen LogP contribution in [0, 0.1) is 0 Å². The van der Waals surface area contributed by atoms with Crippen LogP contribution in [0.4, 0.5) is 0 Å². The lowest BCUT2D eigenvalue weighted by Gasteiger charge is -2.27. The molecule has 3 nitrogen and oxygen atoms in total. The summed E-state index contributed by atoms with van der Waals surface area (Å²) in [6, 6.07) is 9.59. The van der Waals surface area contributed by atoms with Gasteiger partial charge in [-0.05, 0) is 18.4 Å². The van der Waals surface area contributed by atoms with E-state index in [1.807, 2.05) is 30.3 Å². The molecule has 1 aliphatic carbocycles. The fourth-order valence-corrected chi connectivity index (χ4v) is 2.77. The Morgan fingerprint density at radius 3 is 2.24 bits per heavy atom. The van der Waals surface area contributed by atoms with Crippen LogP contribution in [-0.4, -0.2) is 16.9 Å². The average molecular weight is 232 g/mol. The van der Waals surface area contributed by atoms with E-state index in [1.54, 1.807) is 0 Å². The molecule has 0 unspecified atom stereocenters. The Labute approximate surface area is 100 Å². The number of ketones is 1. The average Bonchev–Trinajstić information content (AvgIpc) is 2.79. The number of carbonyl (C=O) groups excluding carboxylic acids is 1. The summed E-state index contributed by atoms with van der Waals surface area (Å²) in [6.45, 7) is 0. The number of Topliss-reactive ketones (excluding diaryl/α,β-unsaturated/α-hetero) is 1. The van der Waals surface area contributed by atoms with Crippen LogP contribution in [0.1, 0.15) is 37.7 Å². The predicted molar refractivity (Wildman–Crippen MR) is 63.8 cm³/mol. The Balaban J connectivity index is 2.33. The summed E-state index contributed by atoms with van der Waals surface area (Å²) in [5.41, 5.74) is 0.434. The van der Waals surface area contributed by atoms with Crippen LogP contribution < -0.4 is 0 Å². The number of hydrogen-bond acceptors (Lipinski definition) is 2. The first-order chi connectivity index (χ1) is 8.15. The molecular formula is C14H16O3. The van der Waals surface area contributed by atoms with Gasteiger partial charge in [-0.2, -0.15) is 0 Å². The molecule has 0 aliphatic heterocycles. The van der Waals surface area contributed by atoms with E-state index in [9.17, 15) is 9.59 Å².